The first-order chi connectivity index (χ1) is 9.21. The molecule has 0 atom stereocenters. The number of anilines is 1. The van der Waals surface area contributed by atoms with Crippen molar-refractivity contribution in [2.24, 2.45) is 5.84 Å². The molecule has 1 aromatic carbocycles. The number of hydrogen-bond donors (Lipinski definition) is 2. The van der Waals surface area contributed by atoms with E-state index in [0.29, 0.717) is 18.2 Å². The third-order valence-corrected chi connectivity index (χ3v) is 3.59. The minimum Gasteiger partial charge on any atom is -0.377 e. The minimum atomic E-state index is 0.349. The Balaban J connectivity index is 2.26. The maximum absolute atomic E-state index is 5.40. The zero-order valence-electron chi connectivity index (χ0n) is 10.3. The molecule has 100 valence electrons. The summed E-state index contributed by atoms with van der Waals surface area (Å²) >= 11 is 4.98. The lowest BCUT2D eigenvalue weighted by Gasteiger charge is -2.07. The Morgan fingerprint density at radius 2 is 2.21 bits per heavy atom. The summed E-state index contributed by atoms with van der Waals surface area (Å²) in [5.41, 5.74) is 2.53. The Morgan fingerprint density at radius 3 is 2.89 bits per heavy atom. The number of rotatable bonds is 5. The maximum atomic E-state index is 5.40. The topological polar surface area (TPSA) is 73.1 Å². The number of hydrogen-bond acceptors (Lipinski definition) is 6. The smallest absolute Gasteiger partial charge is 0.157 e. The third kappa shape index (κ3) is 4.17. The number of aromatic nitrogens is 2. The fourth-order valence-corrected chi connectivity index (χ4v) is 2.89. The van der Waals surface area contributed by atoms with Crippen LogP contribution in [0.4, 0.5) is 5.82 Å². The molecule has 0 saturated carbocycles. The molecule has 0 spiro atoms. The second-order valence-corrected chi connectivity index (χ2v) is 5.65. The second kappa shape index (κ2) is 6.85. The van der Waals surface area contributed by atoms with Crippen molar-refractivity contribution in [3.8, 4) is 0 Å². The van der Waals surface area contributed by atoms with Crippen LogP contribution in [0.3, 0.4) is 0 Å². The lowest BCUT2D eigenvalue weighted by Crippen LogP contribution is -2.11. The molecule has 1 aromatic heterocycles. The summed E-state index contributed by atoms with van der Waals surface area (Å²) in [6.45, 7) is 0.349. The molecule has 0 aliphatic carbocycles. The van der Waals surface area contributed by atoms with E-state index in [1.54, 1.807) is 13.2 Å². The Labute approximate surface area is 124 Å². The van der Waals surface area contributed by atoms with E-state index in [2.05, 4.69) is 31.3 Å². The summed E-state index contributed by atoms with van der Waals surface area (Å²) in [5.74, 6) is 6.57. The van der Waals surface area contributed by atoms with Gasteiger partial charge in [-0.25, -0.2) is 15.8 Å². The molecule has 0 fully saturated rings. The average molecular weight is 341 g/mol. The number of methoxy groups -OCH3 is 1. The second-order valence-electron chi connectivity index (χ2n) is 3.64. The van der Waals surface area contributed by atoms with Crippen molar-refractivity contribution < 1.29 is 4.74 Å². The van der Waals surface area contributed by atoms with Gasteiger partial charge in [0.25, 0.3) is 0 Å². The first kappa shape index (κ1) is 14.3. The van der Waals surface area contributed by atoms with E-state index in [-0.39, 0.29) is 0 Å². The van der Waals surface area contributed by atoms with Crippen molar-refractivity contribution in [1.82, 2.24) is 9.97 Å². The fraction of sp³-hybridized carbons (Fsp3) is 0.167. The number of nitrogens with zero attached hydrogens (tertiary/aromatic N) is 2. The van der Waals surface area contributed by atoms with Crippen molar-refractivity contribution >= 4 is 33.5 Å². The Kier molecular flexibility index (Phi) is 5.15. The van der Waals surface area contributed by atoms with Gasteiger partial charge in [-0.05, 0) is 18.2 Å². The van der Waals surface area contributed by atoms with Gasteiger partial charge in [-0.1, -0.05) is 33.8 Å². The SMILES string of the molecule is COCc1nc(NN)cc(Sc2cccc(Br)c2)n1. The number of halogens is 1. The summed E-state index contributed by atoms with van der Waals surface area (Å²) in [6, 6.07) is 9.80. The minimum absolute atomic E-state index is 0.349. The largest absolute Gasteiger partial charge is 0.377 e. The number of benzene rings is 1. The van der Waals surface area contributed by atoms with Crippen molar-refractivity contribution in [3.05, 3.63) is 40.6 Å². The van der Waals surface area contributed by atoms with Crippen LogP contribution >= 0.6 is 27.7 Å². The van der Waals surface area contributed by atoms with Crippen LogP contribution < -0.4 is 11.3 Å². The fourth-order valence-electron chi connectivity index (χ4n) is 1.44. The van der Waals surface area contributed by atoms with Crippen molar-refractivity contribution in [2.75, 3.05) is 12.5 Å². The third-order valence-electron chi connectivity index (χ3n) is 2.19. The highest BCUT2D eigenvalue weighted by atomic mass is 79.9. The van der Waals surface area contributed by atoms with Gasteiger partial charge in [-0.15, -0.1) is 0 Å². The van der Waals surface area contributed by atoms with Crippen LogP contribution in [0, 0.1) is 0 Å². The van der Waals surface area contributed by atoms with Gasteiger partial charge in [-0.2, -0.15) is 0 Å². The zero-order valence-corrected chi connectivity index (χ0v) is 12.7. The van der Waals surface area contributed by atoms with E-state index in [1.165, 1.54) is 11.8 Å². The summed E-state index contributed by atoms with van der Waals surface area (Å²) in [6.07, 6.45) is 0. The van der Waals surface area contributed by atoms with Crippen LogP contribution in [0.1, 0.15) is 5.82 Å². The number of nitrogens with one attached hydrogen (secondary N) is 1. The van der Waals surface area contributed by atoms with Crippen LogP contribution in [0.25, 0.3) is 0 Å². The average Bonchev–Trinajstić information content (AvgIpc) is 2.39. The number of ether oxygens (including phenoxy) is 1. The van der Waals surface area contributed by atoms with Gasteiger partial charge in [0.2, 0.25) is 0 Å². The molecule has 19 heavy (non-hydrogen) atoms. The van der Waals surface area contributed by atoms with Crippen LogP contribution in [-0.2, 0) is 11.3 Å². The Morgan fingerprint density at radius 1 is 1.37 bits per heavy atom. The molecule has 0 amide bonds. The zero-order chi connectivity index (χ0) is 13.7. The maximum Gasteiger partial charge on any atom is 0.157 e. The highest BCUT2D eigenvalue weighted by Gasteiger charge is 2.06. The standard InChI is InChI=1S/C12H13BrN4OS/c1-18-7-11-15-10(17-14)6-12(16-11)19-9-4-2-3-8(13)5-9/h2-6H,7,14H2,1H3,(H,15,16,17). The molecule has 0 radical (unpaired) electrons. The molecular formula is C12H13BrN4OS. The highest BCUT2D eigenvalue weighted by molar-refractivity contribution is 9.10. The van der Waals surface area contributed by atoms with Crippen molar-refractivity contribution in [1.29, 1.82) is 0 Å². The first-order valence-corrected chi connectivity index (χ1v) is 7.09. The van der Waals surface area contributed by atoms with Gasteiger partial charge in [0.1, 0.15) is 17.5 Å². The predicted octanol–water partition coefficient (Wildman–Crippen LogP) is 2.82. The highest BCUT2D eigenvalue weighted by Crippen LogP contribution is 2.29. The molecule has 3 N–H and O–H groups in total. The van der Waals surface area contributed by atoms with Gasteiger partial charge in [0.15, 0.2) is 5.82 Å². The van der Waals surface area contributed by atoms with Gasteiger partial charge < -0.3 is 10.2 Å². The first-order valence-electron chi connectivity index (χ1n) is 5.48. The van der Waals surface area contributed by atoms with E-state index in [9.17, 15) is 0 Å². The molecule has 7 heteroatoms. The van der Waals surface area contributed by atoms with Crippen molar-refractivity contribution in [2.45, 2.75) is 16.5 Å². The Bertz CT molecular complexity index is 567. The molecule has 2 aromatic rings. The number of nitrogen functional groups attached to an aromatic ring is 1. The van der Waals surface area contributed by atoms with E-state index in [0.717, 1.165) is 14.4 Å². The summed E-state index contributed by atoms with van der Waals surface area (Å²) < 4.78 is 6.07. The molecule has 0 saturated heterocycles. The molecule has 1 heterocycles. The normalized spacial score (nSPS) is 10.5. The molecule has 0 bridgehead atoms. The van der Waals surface area contributed by atoms with E-state index in [1.807, 2.05) is 24.3 Å². The van der Waals surface area contributed by atoms with E-state index >= 15 is 0 Å². The van der Waals surface area contributed by atoms with E-state index in [4.69, 9.17) is 10.6 Å². The monoisotopic (exact) mass is 340 g/mol. The Hall–Kier alpha value is -1.15. The number of nitrogens with two attached hydrogens (primary N) is 1. The van der Waals surface area contributed by atoms with Crippen LogP contribution in [0.15, 0.2) is 44.7 Å². The van der Waals surface area contributed by atoms with Gasteiger partial charge in [0, 0.05) is 22.5 Å². The van der Waals surface area contributed by atoms with Crippen LogP contribution in [0.5, 0.6) is 0 Å². The quantitative estimate of drug-likeness (QED) is 0.495. The van der Waals surface area contributed by atoms with Gasteiger partial charge in [0.05, 0.1) is 0 Å². The molecule has 5 nitrogen and oxygen atoms in total. The van der Waals surface area contributed by atoms with Gasteiger partial charge >= 0.3 is 0 Å². The predicted molar refractivity (Wildman–Crippen MR) is 78.8 cm³/mol. The summed E-state index contributed by atoms with van der Waals surface area (Å²) in [7, 11) is 1.60. The number of hydrazine groups is 1. The molecule has 0 aliphatic rings. The lowest BCUT2D eigenvalue weighted by atomic mass is 10.4. The summed E-state index contributed by atoms with van der Waals surface area (Å²) in [4.78, 5) is 9.70. The molecule has 0 aliphatic heterocycles. The lowest BCUT2D eigenvalue weighted by molar-refractivity contribution is 0.177. The summed E-state index contributed by atoms with van der Waals surface area (Å²) in [5, 5.41) is 0.813. The molecule has 2 rings (SSSR count). The molecular weight excluding hydrogens is 328 g/mol. The van der Waals surface area contributed by atoms with Crippen LogP contribution in [-0.4, -0.2) is 17.1 Å². The molecule has 0 unspecified atom stereocenters. The van der Waals surface area contributed by atoms with Crippen LogP contribution in [0.2, 0.25) is 0 Å². The van der Waals surface area contributed by atoms with Gasteiger partial charge in [-0.3, -0.25) is 0 Å². The van der Waals surface area contributed by atoms with E-state index < -0.39 is 0 Å². The van der Waals surface area contributed by atoms with Crippen molar-refractivity contribution in [3.63, 3.8) is 0 Å².